The Morgan fingerprint density at radius 2 is 1.95 bits per heavy atom. The molecule has 96 valence electrons. The number of aromatic amines is 1. The summed E-state index contributed by atoms with van der Waals surface area (Å²) in [5, 5.41) is 10.5. The maximum atomic E-state index is 11.6. The van der Waals surface area contributed by atoms with E-state index in [0.717, 1.165) is 11.3 Å². The van der Waals surface area contributed by atoms with Crippen molar-refractivity contribution in [3.63, 3.8) is 0 Å². The molecule has 0 radical (unpaired) electrons. The third-order valence-corrected chi connectivity index (χ3v) is 3.17. The number of rotatable bonds is 2. The predicted octanol–water partition coefficient (Wildman–Crippen LogP) is 2.21. The highest BCUT2D eigenvalue weighted by Crippen LogP contribution is 2.21. The minimum atomic E-state index is -0.236. The van der Waals surface area contributed by atoms with Gasteiger partial charge in [0, 0.05) is 5.56 Å². The van der Waals surface area contributed by atoms with Crippen LogP contribution >= 0.6 is 0 Å². The third kappa shape index (κ3) is 2.03. The van der Waals surface area contributed by atoms with Gasteiger partial charge < -0.3 is 0 Å². The molecule has 2 heterocycles. The van der Waals surface area contributed by atoms with Crippen molar-refractivity contribution in [1.29, 1.82) is 0 Å². The first-order valence-corrected chi connectivity index (χ1v) is 6.18. The third-order valence-electron chi connectivity index (χ3n) is 3.17. The summed E-state index contributed by atoms with van der Waals surface area (Å²) in [6.45, 7) is 4.32. The van der Waals surface area contributed by atoms with E-state index < -0.39 is 0 Å². The van der Waals surface area contributed by atoms with Crippen molar-refractivity contribution in [2.24, 2.45) is 0 Å². The molecule has 0 fully saturated rings. The number of aromatic nitrogens is 4. The summed E-state index contributed by atoms with van der Waals surface area (Å²) in [5.41, 5.74) is 3.31. The lowest BCUT2D eigenvalue weighted by atomic mass is 10.0. The number of H-pyrrole nitrogens is 1. The van der Waals surface area contributed by atoms with Gasteiger partial charge in [0.15, 0.2) is 0 Å². The number of nitrogens with zero attached hydrogens (tertiary/aromatic N) is 3. The summed E-state index contributed by atoms with van der Waals surface area (Å²) in [6, 6.07) is 10.0. The quantitative estimate of drug-likeness (QED) is 0.762. The highest BCUT2D eigenvalue weighted by atomic mass is 16.1. The summed E-state index contributed by atoms with van der Waals surface area (Å²) >= 11 is 0. The Hall–Kier alpha value is -2.43. The molecule has 5 nitrogen and oxygen atoms in total. The van der Waals surface area contributed by atoms with E-state index >= 15 is 0 Å². The number of nitrogens with one attached hydrogen (secondary N) is 1. The monoisotopic (exact) mass is 254 g/mol. The van der Waals surface area contributed by atoms with E-state index in [0.29, 0.717) is 11.4 Å². The maximum absolute atomic E-state index is 11.6. The summed E-state index contributed by atoms with van der Waals surface area (Å²) in [6.07, 6.45) is 1.49. The van der Waals surface area contributed by atoms with Gasteiger partial charge in [0.25, 0.3) is 5.56 Å². The molecule has 0 bridgehead atoms. The highest BCUT2D eigenvalue weighted by Gasteiger charge is 2.07. The number of fused-ring (bicyclic) bond motifs is 1. The van der Waals surface area contributed by atoms with Gasteiger partial charge in [-0.05, 0) is 17.5 Å². The van der Waals surface area contributed by atoms with Gasteiger partial charge in [0.05, 0.1) is 5.69 Å². The molecular formula is C14H14N4O. The molecule has 0 saturated carbocycles. The van der Waals surface area contributed by atoms with Gasteiger partial charge in [0.2, 0.25) is 0 Å². The first-order chi connectivity index (χ1) is 9.15. The minimum absolute atomic E-state index is 0.236. The molecule has 3 rings (SSSR count). The number of hydrogen-bond donors (Lipinski definition) is 1. The van der Waals surface area contributed by atoms with E-state index in [9.17, 15) is 4.79 Å². The Labute approximate surface area is 109 Å². The number of hydrogen-bond acceptors (Lipinski definition) is 3. The molecule has 5 heteroatoms. The largest absolute Gasteiger partial charge is 0.290 e. The van der Waals surface area contributed by atoms with E-state index in [4.69, 9.17) is 0 Å². The molecule has 0 spiro atoms. The second-order valence-corrected chi connectivity index (χ2v) is 4.82. The molecule has 0 aliphatic rings. The van der Waals surface area contributed by atoms with E-state index in [1.165, 1.54) is 16.4 Å². The van der Waals surface area contributed by atoms with Crippen LogP contribution in [0.1, 0.15) is 25.3 Å². The first kappa shape index (κ1) is 11.6. The zero-order valence-corrected chi connectivity index (χ0v) is 10.8. The van der Waals surface area contributed by atoms with Crippen LogP contribution in [0.5, 0.6) is 0 Å². The van der Waals surface area contributed by atoms with Crippen LogP contribution in [0.2, 0.25) is 0 Å². The molecule has 0 aliphatic heterocycles. The van der Waals surface area contributed by atoms with Gasteiger partial charge in [-0.1, -0.05) is 38.1 Å². The second kappa shape index (κ2) is 4.35. The summed E-state index contributed by atoms with van der Waals surface area (Å²) in [7, 11) is 0. The lowest BCUT2D eigenvalue weighted by molar-refractivity contribution is 0.847. The maximum Gasteiger partial charge on any atom is 0.290 e. The van der Waals surface area contributed by atoms with Crippen LogP contribution < -0.4 is 5.56 Å². The van der Waals surface area contributed by atoms with Crippen molar-refractivity contribution in [2.45, 2.75) is 19.8 Å². The average Bonchev–Trinajstić information content (AvgIpc) is 2.84. The van der Waals surface area contributed by atoms with Gasteiger partial charge in [0.1, 0.15) is 11.8 Å². The molecule has 19 heavy (non-hydrogen) atoms. The Balaban J connectivity index is 2.09. The lowest BCUT2D eigenvalue weighted by Gasteiger charge is -2.05. The molecule has 1 aromatic carbocycles. The second-order valence-electron chi connectivity index (χ2n) is 4.82. The molecule has 2 aromatic heterocycles. The van der Waals surface area contributed by atoms with Crippen LogP contribution in [0, 0.1) is 0 Å². The standard InChI is InChI=1S/C14H14N4O/c1-9(2)10-3-5-11(6-4-10)12-7-13-14(19)16-15-8-18(13)17-12/h3-9H,1-2H3,(H,16,19). The van der Waals surface area contributed by atoms with Crippen LogP contribution in [0.15, 0.2) is 41.5 Å². The molecule has 0 amide bonds. The Morgan fingerprint density at radius 3 is 2.58 bits per heavy atom. The van der Waals surface area contributed by atoms with Crippen LogP contribution in [0.4, 0.5) is 0 Å². The molecule has 3 aromatic rings. The van der Waals surface area contributed by atoms with Crippen molar-refractivity contribution in [3.8, 4) is 11.3 Å². The molecule has 0 unspecified atom stereocenters. The summed E-state index contributed by atoms with van der Waals surface area (Å²) in [4.78, 5) is 11.6. The highest BCUT2D eigenvalue weighted by molar-refractivity contribution is 5.65. The van der Waals surface area contributed by atoms with E-state index in [1.54, 1.807) is 6.07 Å². The van der Waals surface area contributed by atoms with Crippen molar-refractivity contribution in [3.05, 3.63) is 52.6 Å². The van der Waals surface area contributed by atoms with Crippen molar-refractivity contribution in [1.82, 2.24) is 19.8 Å². The molecule has 1 N–H and O–H groups in total. The van der Waals surface area contributed by atoms with E-state index in [2.05, 4.69) is 41.3 Å². The van der Waals surface area contributed by atoms with Gasteiger partial charge in [-0.3, -0.25) is 4.79 Å². The summed E-state index contributed by atoms with van der Waals surface area (Å²) in [5.74, 6) is 0.502. The lowest BCUT2D eigenvalue weighted by Crippen LogP contribution is -2.10. The fourth-order valence-corrected chi connectivity index (χ4v) is 2.03. The molecule has 0 aliphatic carbocycles. The van der Waals surface area contributed by atoms with Crippen LogP contribution in [-0.4, -0.2) is 19.8 Å². The smallest absolute Gasteiger partial charge is 0.266 e. The zero-order valence-electron chi connectivity index (χ0n) is 10.8. The Kier molecular flexibility index (Phi) is 2.67. The Bertz CT molecular complexity index is 768. The first-order valence-electron chi connectivity index (χ1n) is 6.18. The average molecular weight is 254 g/mol. The van der Waals surface area contributed by atoms with Crippen LogP contribution in [-0.2, 0) is 0 Å². The normalized spacial score (nSPS) is 11.3. The topological polar surface area (TPSA) is 63.0 Å². The molecule has 0 saturated heterocycles. The van der Waals surface area contributed by atoms with Gasteiger partial charge in [-0.25, -0.2) is 9.61 Å². The van der Waals surface area contributed by atoms with Crippen molar-refractivity contribution >= 4 is 5.52 Å². The Morgan fingerprint density at radius 1 is 1.21 bits per heavy atom. The fraction of sp³-hybridized carbons (Fsp3) is 0.214. The van der Waals surface area contributed by atoms with Crippen LogP contribution in [0.3, 0.4) is 0 Å². The molecular weight excluding hydrogens is 240 g/mol. The van der Waals surface area contributed by atoms with Crippen LogP contribution in [0.25, 0.3) is 16.8 Å². The summed E-state index contributed by atoms with van der Waals surface area (Å²) < 4.78 is 1.49. The molecule has 0 atom stereocenters. The van der Waals surface area contributed by atoms with Gasteiger partial charge in [-0.2, -0.15) is 10.2 Å². The van der Waals surface area contributed by atoms with E-state index in [1.807, 2.05) is 12.1 Å². The van der Waals surface area contributed by atoms with Gasteiger partial charge in [-0.15, -0.1) is 0 Å². The fourth-order valence-electron chi connectivity index (χ4n) is 2.03. The van der Waals surface area contributed by atoms with Crippen molar-refractivity contribution < 1.29 is 0 Å². The number of benzene rings is 1. The predicted molar refractivity (Wildman–Crippen MR) is 73.1 cm³/mol. The SMILES string of the molecule is CC(C)c1ccc(-c2cc3c(=O)[nH]ncn3n2)cc1. The van der Waals surface area contributed by atoms with E-state index in [-0.39, 0.29) is 5.56 Å². The minimum Gasteiger partial charge on any atom is -0.266 e. The van der Waals surface area contributed by atoms with Crippen molar-refractivity contribution in [2.75, 3.05) is 0 Å². The zero-order chi connectivity index (χ0) is 13.4. The van der Waals surface area contributed by atoms with Gasteiger partial charge >= 0.3 is 0 Å².